The van der Waals surface area contributed by atoms with Gasteiger partial charge in [0.2, 0.25) is 0 Å². The van der Waals surface area contributed by atoms with E-state index in [9.17, 15) is 0 Å². The molecule has 0 bridgehead atoms. The average Bonchev–Trinajstić information content (AvgIpc) is 3.74. The third kappa shape index (κ3) is 5.15. The lowest BCUT2D eigenvalue weighted by Gasteiger charge is -2.22. The Morgan fingerprint density at radius 1 is 0.333 bits per heavy atom. The number of benzene rings is 8. The second kappa shape index (κ2) is 12.3. The molecule has 2 heteroatoms. The highest BCUT2D eigenvalue weighted by atomic mass is 32.1. The predicted molar refractivity (Wildman–Crippen MR) is 218 cm³/mol. The van der Waals surface area contributed by atoms with Crippen molar-refractivity contribution in [2.45, 2.75) is 5.92 Å². The standard InChI is InChI=1S/C49H33NS/c1-4-14-33(15-5-1)37-28-38(35-24-26-42-41-20-10-12-22-45(41)50(46(42)32-35)40-18-8-3-9-19-40)30-39(29-37)49(34-16-6-2-7-17-34)36-25-27-48-44(31-36)43-21-11-13-23-47(43)51-48/h1-32,49H. The van der Waals surface area contributed by atoms with Crippen LogP contribution >= 0.6 is 11.3 Å². The molecule has 51 heavy (non-hydrogen) atoms. The van der Waals surface area contributed by atoms with Crippen LogP contribution < -0.4 is 0 Å². The minimum Gasteiger partial charge on any atom is -0.309 e. The Morgan fingerprint density at radius 2 is 0.961 bits per heavy atom. The molecule has 0 fully saturated rings. The number of fused-ring (bicyclic) bond motifs is 6. The summed E-state index contributed by atoms with van der Waals surface area (Å²) < 4.78 is 5.06. The van der Waals surface area contributed by atoms with Crippen LogP contribution in [0.15, 0.2) is 194 Å². The molecule has 10 aromatic rings. The van der Waals surface area contributed by atoms with E-state index in [2.05, 4.69) is 199 Å². The zero-order valence-corrected chi connectivity index (χ0v) is 28.7. The number of aromatic nitrogens is 1. The highest BCUT2D eigenvalue weighted by Gasteiger charge is 2.21. The van der Waals surface area contributed by atoms with E-state index in [1.165, 1.54) is 86.6 Å². The summed E-state index contributed by atoms with van der Waals surface area (Å²) in [6, 6.07) is 71.4. The average molecular weight is 668 g/mol. The fraction of sp³-hybridized carbons (Fsp3) is 0.0204. The Labute approximate surface area is 301 Å². The molecular formula is C49H33NS. The van der Waals surface area contributed by atoms with E-state index in [4.69, 9.17) is 0 Å². The molecule has 2 aromatic heterocycles. The van der Waals surface area contributed by atoms with Crippen LogP contribution in [0.1, 0.15) is 22.6 Å². The Balaban J connectivity index is 1.22. The van der Waals surface area contributed by atoms with Gasteiger partial charge in [-0.05, 0) is 87.5 Å². The lowest BCUT2D eigenvalue weighted by atomic mass is 9.82. The van der Waals surface area contributed by atoms with E-state index in [1.807, 2.05) is 11.3 Å². The highest BCUT2D eigenvalue weighted by molar-refractivity contribution is 7.25. The summed E-state index contributed by atoms with van der Waals surface area (Å²) in [7, 11) is 0. The Morgan fingerprint density at radius 3 is 1.76 bits per heavy atom. The molecule has 2 heterocycles. The van der Waals surface area contributed by atoms with Crippen molar-refractivity contribution in [3.8, 4) is 27.9 Å². The van der Waals surface area contributed by atoms with Gasteiger partial charge in [0.15, 0.2) is 0 Å². The maximum Gasteiger partial charge on any atom is 0.0547 e. The molecule has 240 valence electrons. The third-order valence-electron chi connectivity index (χ3n) is 10.3. The monoisotopic (exact) mass is 667 g/mol. The first-order valence-electron chi connectivity index (χ1n) is 17.5. The summed E-state index contributed by atoms with van der Waals surface area (Å²) in [5.74, 6) is 0.0520. The normalized spacial score (nSPS) is 12.2. The van der Waals surface area contributed by atoms with Crippen molar-refractivity contribution in [2.24, 2.45) is 0 Å². The van der Waals surface area contributed by atoms with Crippen LogP contribution in [0.25, 0.3) is 69.9 Å². The molecule has 10 rings (SSSR count). The number of nitrogens with zero attached hydrogens (tertiary/aromatic N) is 1. The molecule has 0 saturated heterocycles. The number of hydrogen-bond acceptors (Lipinski definition) is 1. The number of para-hydroxylation sites is 2. The first kappa shape index (κ1) is 29.7. The first-order chi connectivity index (χ1) is 25.3. The fourth-order valence-corrected chi connectivity index (χ4v) is 9.02. The number of hydrogen-bond donors (Lipinski definition) is 0. The molecule has 0 aliphatic heterocycles. The van der Waals surface area contributed by atoms with Crippen molar-refractivity contribution >= 4 is 53.3 Å². The Bertz CT molecular complexity index is 2850. The van der Waals surface area contributed by atoms with Crippen molar-refractivity contribution in [2.75, 3.05) is 0 Å². The van der Waals surface area contributed by atoms with Gasteiger partial charge in [0, 0.05) is 42.6 Å². The van der Waals surface area contributed by atoms with E-state index in [0.717, 1.165) is 0 Å². The molecule has 1 nitrogen and oxygen atoms in total. The fourth-order valence-electron chi connectivity index (χ4n) is 7.93. The van der Waals surface area contributed by atoms with Crippen molar-refractivity contribution in [3.05, 3.63) is 211 Å². The highest BCUT2D eigenvalue weighted by Crippen LogP contribution is 2.42. The van der Waals surface area contributed by atoms with Gasteiger partial charge in [-0.1, -0.05) is 146 Å². The second-order valence-corrected chi connectivity index (χ2v) is 14.4. The molecule has 0 aliphatic carbocycles. The number of thiophene rings is 1. The van der Waals surface area contributed by atoms with Crippen LogP contribution in [-0.2, 0) is 0 Å². The molecule has 0 amide bonds. The summed E-state index contributed by atoms with van der Waals surface area (Å²) in [5, 5.41) is 5.18. The van der Waals surface area contributed by atoms with E-state index in [0.29, 0.717) is 0 Å². The minimum atomic E-state index is 0.0520. The Kier molecular flexibility index (Phi) is 7.14. The van der Waals surface area contributed by atoms with Crippen LogP contribution in [0.4, 0.5) is 0 Å². The lowest BCUT2D eigenvalue weighted by Crippen LogP contribution is -2.04. The van der Waals surface area contributed by atoms with Crippen LogP contribution in [0.3, 0.4) is 0 Å². The van der Waals surface area contributed by atoms with E-state index < -0.39 is 0 Å². The second-order valence-electron chi connectivity index (χ2n) is 13.3. The summed E-state index contributed by atoms with van der Waals surface area (Å²) >= 11 is 1.87. The van der Waals surface area contributed by atoms with Gasteiger partial charge >= 0.3 is 0 Å². The van der Waals surface area contributed by atoms with Gasteiger partial charge in [0.1, 0.15) is 0 Å². The molecule has 0 aliphatic rings. The SMILES string of the molecule is c1ccc(-c2cc(-c3ccc4c5ccccc5n(-c5ccccc5)c4c3)cc(C(c3ccccc3)c3ccc4sc5ccccc5c4c3)c2)cc1. The molecule has 0 N–H and O–H groups in total. The zero-order valence-electron chi connectivity index (χ0n) is 27.9. The maximum absolute atomic E-state index is 2.44. The van der Waals surface area contributed by atoms with Gasteiger partial charge in [-0.15, -0.1) is 11.3 Å². The van der Waals surface area contributed by atoms with Crippen LogP contribution in [0.2, 0.25) is 0 Å². The lowest BCUT2D eigenvalue weighted by molar-refractivity contribution is 0.982. The summed E-state index contributed by atoms with van der Waals surface area (Å²) in [4.78, 5) is 0. The van der Waals surface area contributed by atoms with Crippen molar-refractivity contribution < 1.29 is 0 Å². The smallest absolute Gasteiger partial charge is 0.0547 e. The summed E-state index contributed by atoms with van der Waals surface area (Å²) in [6.45, 7) is 0. The first-order valence-corrected chi connectivity index (χ1v) is 18.4. The van der Waals surface area contributed by atoms with Gasteiger partial charge in [-0.25, -0.2) is 0 Å². The van der Waals surface area contributed by atoms with Gasteiger partial charge in [0.25, 0.3) is 0 Å². The predicted octanol–water partition coefficient (Wildman–Crippen LogP) is 13.7. The molecule has 1 atom stereocenters. The Hall–Kier alpha value is -6.22. The third-order valence-corrected chi connectivity index (χ3v) is 11.4. The maximum atomic E-state index is 2.44. The van der Waals surface area contributed by atoms with Gasteiger partial charge < -0.3 is 4.57 Å². The molecule has 8 aromatic carbocycles. The van der Waals surface area contributed by atoms with Crippen LogP contribution in [0.5, 0.6) is 0 Å². The largest absolute Gasteiger partial charge is 0.309 e. The van der Waals surface area contributed by atoms with E-state index in [1.54, 1.807) is 0 Å². The molecule has 0 radical (unpaired) electrons. The number of rotatable bonds is 6. The van der Waals surface area contributed by atoms with E-state index in [-0.39, 0.29) is 5.92 Å². The van der Waals surface area contributed by atoms with E-state index >= 15 is 0 Å². The summed E-state index contributed by atoms with van der Waals surface area (Å²) in [6.07, 6.45) is 0. The van der Waals surface area contributed by atoms with Gasteiger partial charge in [-0.3, -0.25) is 0 Å². The summed E-state index contributed by atoms with van der Waals surface area (Å²) in [5.41, 5.74) is 12.3. The topological polar surface area (TPSA) is 4.93 Å². The quantitative estimate of drug-likeness (QED) is 0.156. The van der Waals surface area contributed by atoms with Gasteiger partial charge in [-0.2, -0.15) is 0 Å². The van der Waals surface area contributed by atoms with Crippen molar-refractivity contribution in [1.82, 2.24) is 4.57 Å². The van der Waals surface area contributed by atoms with Crippen molar-refractivity contribution in [1.29, 1.82) is 0 Å². The molecule has 1 unspecified atom stereocenters. The molecule has 0 saturated carbocycles. The van der Waals surface area contributed by atoms with Crippen molar-refractivity contribution in [3.63, 3.8) is 0 Å². The molecular weight excluding hydrogens is 635 g/mol. The minimum absolute atomic E-state index is 0.0520. The zero-order chi connectivity index (χ0) is 33.7. The van der Waals surface area contributed by atoms with Crippen LogP contribution in [-0.4, -0.2) is 4.57 Å². The van der Waals surface area contributed by atoms with Gasteiger partial charge in [0.05, 0.1) is 11.0 Å². The molecule has 0 spiro atoms. The van der Waals surface area contributed by atoms with Crippen LogP contribution in [0, 0.1) is 0 Å².